The van der Waals surface area contributed by atoms with Crippen LogP contribution < -0.4 is 0 Å². The molecular weight excluding hydrogens is 346 g/mol. The van der Waals surface area contributed by atoms with E-state index in [1.54, 1.807) is 0 Å². The molecule has 0 fully saturated rings. The van der Waals surface area contributed by atoms with Crippen LogP contribution in [0.4, 0.5) is 5.69 Å². The molecule has 3 N–H and O–H groups in total. The topological polar surface area (TPSA) is 81.2 Å². The lowest BCUT2D eigenvalue weighted by Crippen LogP contribution is -1.77. The number of nitroso groups, excluding NO2 is 1. The van der Waals surface area contributed by atoms with E-state index in [1.807, 2.05) is 42.5 Å². The van der Waals surface area contributed by atoms with Gasteiger partial charge in [-0.2, -0.15) is 0 Å². The molecule has 6 heteroatoms. The maximum Gasteiger partial charge on any atom is 0.199 e. The van der Waals surface area contributed by atoms with Crippen LogP contribution in [0.5, 0.6) is 5.88 Å². The second-order valence-corrected chi connectivity index (χ2v) is 5.94. The monoisotopic (exact) mass is 355 g/mol. The summed E-state index contributed by atoms with van der Waals surface area (Å²) in [7, 11) is 0. The van der Waals surface area contributed by atoms with Gasteiger partial charge >= 0.3 is 0 Å². The quantitative estimate of drug-likeness (QED) is 0.433. The molecule has 0 radical (unpaired) electrons. The molecule has 0 aliphatic carbocycles. The number of hydrogen-bond acceptors (Lipinski definition) is 3. The van der Waals surface area contributed by atoms with E-state index in [9.17, 15) is 10.0 Å². The van der Waals surface area contributed by atoms with Crippen LogP contribution in [0.25, 0.3) is 33.1 Å². The normalized spacial score (nSPS) is 11.3. The van der Waals surface area contributed by atoms with Crippen molar-refractivity contribution >= 4 is 43.4 Å². The highest BCUT2D eigenvalue weighted by Crippen LogP contribution is 2.44. The lowest BCUT2D eigenvalue weighted by Gasteiger charge is -1.98. The van der Waals surface area contributed by atoms with Gasteiger partial charge < -0.3 is 15.1 Å². The Morgan fingerprint density at radius 2 is 1.82 bits per heavy atom. The van der Waals surface area contributed by atoms with Gasteiger partial charge in [0.15, 0.2) is 5.88 Å². The molecule has 0 unspecified atom stereocenters. The Balaban J connectivity index is 2.12. The van der Waals surface area contributed by atoms with Gasteiger partial charge in [0, 0.05) is 26.3 Å². The summed E-state index contributed by atoms with van der Waals surface area (Å²) in [6, 6.07) is 13.1. The molecule has 0 saturated carbocycles. The van der Waals surface area contributed by atoms with Gasteiger partial charge in [0.1, 0.15) is 5.69 Å². The van der Waals surface area contributed by atoms with Crippen molar-refractivity contribution in [3.05, 3.63) is 51.8 Å². The van der Waals surface area contributed by atoms with Gasteiger partial charge in [-0.3, -0.25) is 0 Å². The van der Waals surface area contributed by atoms with Crippen molar-refractivity contribution in [1.82, 2.24) is 9.97 Å². The molecule has 22 heavy (non-hydrogen) atoms. The standard InChI is InChI=1S/C16H10BrN3O2/c17-8-5-6-10-12(7-8)18-15(14(10)20-22)13-9-3-1-2-4-11(9)19-16(13)21/h1-7,18-19,21H. The van der Waals surface area contributed by atoms with E-state index < -0.39 is 0 Å². The molecule has 4 rings (SSSR count). The van der Waals surface area contributed by atoms with Crippen LogP contribution in [0.1, 0.15) is 0 Å². The maximum atomic E-state index is 11.4. The third-order valence-corrected chi connectivity index (χ3v) is 4.25. The lowest BCUT2D eigenvalue weighted by molar-refractivity contribution is 0.460. The first-order chi connectivity index (χ1) is 10.7. The maximum absolute atomic E-state index is 11.4. The highest BCUT2D eigenvalue weighted by atomic mass is 79.9. The molecule has 5 nitrogen and oxygen atoms in total. The SMILES string of the molecule is O=Nc1c(-c2c(O)[nH]c3ccccc23)[nH]c2cc(Br)ccc12. The number of H-pyrrole nitrogens is 2. The summed E-state index contributed by atoms with van der Waals surface area (Å²) in [4.78, 5) is 17.5. The first-order valence-corrected chi connectivity index (χ1v) is 7.43. The van der Waals surface area contributed by atoms with Gasteiger partial charge in [-0.1, -0.05) is 34.1 Å². The third-order valence-electron chi connectivity index (χ3n) is 3.76. The summed E-state index contributed by atoms with van der Waals surface area (Å²) >= 11 is 3.41. The molecule has 108 valence electrons. The minimum Gasteiger partial charge on any atom is -0.494 e. The summed E-state index contributed by atoms with van der Waals surface area (Å²) in [6.45, 7) is 0. The van der Waals surface area contributed by atoms with E-state index in [1.165, 1.54) is 0 Å². The van der Waals surface area contributed by atoms with Crippen LogP contribution in [0.2, 0.25) is 0 Å². The first-order valence-electron chi connectivity index (χ1n) is 6.63. The van der Waals surface area contributed by atoms with Gasteiger partial charge in [-0.05, 0) is 29.4 Å². The van der Waals surface area contributed by atoms with Gasteiger partial charge in [0.25, 0.3) is 0 Å². The summed E-state index contributed by atoms with van der Waals surface area (Å²) in [6.07, 6.45) is 0. The second-order valence-electron chi connectivity index (χ2n) is 5.02. The van der Waals surface area contributed by atoms with E-state index in [0.29, 0.717) is 16.9 Å². The van der Waals surface area contributed by atoms with E-state index in [0.717, 1.165) is 26.3 Å². The zero-order chi connectivity index (χ0) is 15.3. The Kier molecular flexibility index (Phi) is 2.80. The van der Waals surface area contributed by atoms with Crippen molar-refractivity contribution < 1.29 is 5.11 Å². The number of nitrogens with zero attached hydrogens (tertiary/aromatic N) is 1. The third kappa shape index (κ3) is 1.77. The molecular formula is C16H10BrN3O2. The zero-order valence-electron chi connectivity index (χ0n) is 11.2. The van der Waals surface area contributed by atoms with Gasteiger partial charge in [0.2, 0.25) is 0 Å². The molecule has 2 aromatic carbocycles. The summed E-state index contributed by atoms with van der Waals surface area (Å²) in [5.74, 6) is 0.0109. The van der Waals surface area contributed by atoms with Crippen molar-refractivity contribution in [2.24, 2.45) is 5.18 Å². The fourth-order valence-electron chi connectivity index (χ4n) is 2.81. The molecule has 0 atom stereocenters. The smallest absolute Gasteiger partial charge is 0.199 e. The molecule has 0 amide bonds. The Morgan fingerprint density at radius 3 is 2.64 bits per heavy atom. The first kappa shape index (κ1) is 13.1. The Labute approximate surface area is 133 Å². The summed E-state index contributed by atoms with van der Waals surface area (Å²) in [5, 5.41) is 15.0. The number of aromatic nitrogens is 2. The van der Waals surface area contributed by atoms with Crippen LogP contribution in [-0.2, 0) is 0 Å². The van der Waals surface area contributed by atoms with Gasteiger partial charge in [0.05, 0.1) is 11.3 Å². The zero-order valence-corrected chi connectivity index (χ0v) is 12.8. The van der Waals surface area contributed by atoms with Crippen LogP contribution >= 0.6 is 15.9 Å². The number of aromatic hydroxyl groups is 1. The molecule has 0 spiro atoms. The van der Waals surface area contributed by atoms with Crippen LogP contribution in [0.15, 0.2) is 52.1 Å². The largest absolute Gasteiger partial charge is 0.494 e. The van der Waals surface area contributed by atoms with Crippen LogP contribution in [0, 0.1) is 4.91 Å². The number of fused-ring (bicyclic) bond motifs is 2. The average Bonchev–Trinajstić information content (AvgIpc) is 3.02. The van der Waals surface area contributed by atoms with Crippen molar-refractivity contribution in [2.75, 3.05) is 0 Å². The number of hydrogen-bond donors (Lipinski definition) is 3. The van der Waals surface area contributed by atoms with Crippen LogP contribution in [-0.4, -0.2) is 15.1 Å². The minimum atomic E-state index is 0.0109. The number of halogens is 1. The van der Waals surface area contributed by atoms with Crippen molar-refractivity contribution in [1.29, 1.82) is 0 Å². The molecule has 4 aromatic rings. The second kappa shape index (κ2) is 4.71. The number of nitrogens with one attached hydrogen (secondary N) is 2. The summed E-state index contributed by atoms with van der Waals surface area (Å²) in [5.41, 5.74) is 2.94. The van der Waals surface area contributed by atoms with Crippen molar-refractivity contribution in [3.8, 4) is 17.1 Å². The highest BCUT2D eigenvalue weighted by Gasteiger charge is 2.20. The molecule has 0 bridgehead atoms. The molecule has 0 aliphatic rings. The summed E-state index contributed by atoms with van der Waals surface area (Å²) < 4.78 is 0.897. The lowest BCUT2D eigenvalue weighted by atomic mass is 10.1. The number of aromatic amines is 2. The van der Waals surface area contributed by atoms with E-state index >= 15 is 0 Å². The Hall–Kier alpha value is -2.60. The van der Waals surface area contributed by atoms with E-state index in [4.69, 9.17) is 0 Å². The molecule has 2 aromatic heterocycles. The number of para-hydroxylation sites is 1. The Morgan fingerprint density at radius 1 is 1.00 bits per heavy atom. The predicted octanol–water partition coefficient (Wildman–Crippen LogP) is 5.18. The number of rotatable bonds is 2. The van der Waals surface area contributed by atoms with E-state index in [-0.39, 0.29) is 5.88 Å². The molecule has 0 aliphatic heterocycles. The number of benzene rings is 2. The van der Waals surface area contributed by atoms with Crippen molar-refractivity contribution in [3.63, 3.8) is 0 Å². The highest BCUT2D eigenvalue weighted by molar-refractivity contribution is 9.10. The molecule has 2 heterocycles. The van der Waals surface area contributed by atoms with Gasteiger partial charge in [-0.15, -0.1) is 4.91 Å². The average molecular weight is 356 g/mol. The minimum absolute atomic E-state index is 0.0109. The van der Waals surface area contributed by atoms with Crippen LogP contribution in [0.3, 0.4) is 0 Å². The predicted molar refractivity (Wildman–Crippen MR) is 90.4 cm³/mol. The fourth-order valence-corrected chi connectivity index (χ4v) is 3.17. The Bertz CT molecular complexity index is 1030. The molecule has 0 saturated heterocycles. The fraction of sp³-hybridized carbons (Fsp3) is 0. The van der Waals surface area contributed by atoms with Crippen molar-refractivity contribution in [2.45, 2.75) is 0 Å². The van der Waals surface area contributed by atoms with E-state index in [2.05, 4.69) is 31.1 Å². The van der Waals surface area contributed by atoms with Gasteiger partial charge in [-0.25, -0.2) is 0 Å².